The Morgan fingerprint density at radius 1 is 1.57 bits per heavy atom. The Balaban J connectivity index is 1.89. The highest BCUT2D eigenvalue weighted by Gasteiger charge is 2.29. The van der Waals surface area contributed by atoms with Crippen molar-refractivity contribution in [1.29, 1.82) is 0 Å². The van der Waals surface area contributed by atoms with Crippen LogP contribution in [0.1, 0.15) is 19.8 Å². The highest BCUT2D eigenvalue weighted by atomic mass is 16.5. The minimum absolute atomic E-state index is 0.0697. The van der Waals surface area contributed by atoms with Crippen LogP contribution in [-0.4, -0.2) is 49.2 Å². The minimum Gasteiger partial charge on any atom is -0.375 e. The summed E-state index contributed by atoms with van der Waals surface area (Å²) >= 11 is 0. The summed E-state index contributed by atoms with van der Waals surface area (Å²) in [5, 5.41) is 3.24. The Labute approximate surface area is 84.6 Å². The molecule has 2 fully saturated rings. The molecule has 0 aromatic rings. The second-order valence-corrected chi connectivity index (χ2v) is 4.11. The zero-order chi connectivity index (χ0) is 9.97. The highest BCUT2D eigenvalue weighted by Crippen LogP contribution is 2.11. The molecule has 2 atom stereocenters. The first kappa shape index (κ1) is 9.93. The van der Waals surface area contributed by atoms with Crippen LogP contribution in [0.15, 0.2) is 0 Å². The van der Waals surface area contributed by atoms with E-state index in [-0.39, 0.29) is 18.1 Å². The maximum Gasteiger partial charge on any atom is 0.239 e. The van der Waals surface area contributed by atoms with Gasteiger partial charge in [-0.05, 0) is 26.3 Å². The SMILES string of the molecule is CC1CN(C(=O)C2CCCN2)CCO1. The molecule has 0 aromatic carbocycles. The maximum absolute atomic E-state index is 12.0. The topological polar surface area (TPSA) is 41.6 Å². The molecule has 1 N–H and O–H groups in total. The fraction of sp³-hybridized carbons (Fsp3) is 0.900. The largest absolute Gasteiger partial charge is 0.375 e. The molecule has 2 aliphatic heterocycles. The van der Waals surface area contributed by atoms with Gasteiger partial charge in [-0.2, -0.15) is 0 Å². The van der Waals surface area contributed by atoms with Crippen LogP contribution in [0.5, 0.6) is 0 Å². The van der Waals surface area contributed by atoms with Crippen molar-refractivity contribution < 1.29 is 9.53 Å². The molecule has 14 heavy (non-hydrogen) atoms. The van der Waals surface area contributed by atoms with E-state index in [0.717, 1.165) is 32.5 Å². The number of nitrogens with one attached hydrogen (secondary N) is 1. The fourth-order valence-corrected chi connectivity index (χ4v) is 2.13. The number of hydrogen-bond donors (Lipinski definition) is 1. The Morgan fingerprint density at radius 2 is 2.43 bits per heavy atom. The Morgan fingerprint density at radius 3 is 3.07 bits per heavy atom. The van der Waals surface area contributed by atoms with Gasteiger partial charge in [0.25, 0.3) is 0 Å². The van der Waals surface area contributed by atoms with E-state index in [0.29, 0.717) is 6.61 Å². The van der Waals surface area contributed by atoms with Gasteiger partial charge in [0.05, 0.1) is 18.8 Å². The highest BCUT2D eigenvalue weighted by molar-refractivity contribution is 5.82. The van der Waals surface area contributed by atoms with Gasteiger partial charge in [0, 0.05) is 13.1 Å². The Kier molecular flexibility index (Phi) is 3.03. The lowest BCUT2D eigenvalue weighted by atomic mass is 10.2. The maximum atomic E-state index is 12.0. The van der Waals surface area contributed by atoms with Crippen molar-refractivity contribution >= 4 is 5.91 Å². The van der Waals surface area contributed by atoms with Gasteiger partial charge in [0.2, 0.25) is 5.91 Å². The molecule has 0 aromatic heterocycles. The lowest BCUT2D eigenvalue weighted by Gasteiger charge is -2.32. The van der Waals surface area contributed by atoms with Crippen molar-refractivity contribution in [2.24, 2.45) is 0 Å². The van der Waals surface area contributed by atoms with E-state index in [1.807, 2.05) is 11.8 Å². The number of ether oxygens (including phenoxy) is 1. The first-order valence-electron chi connectivity index (χ1n) is 5.41. The van der Waals surface area contributed by atoms with E-state index in [1.54, 1.807) is 0 Å². The van der Waals surface area contributed by atoms with E-state index >= 15 is 0 Å². The van der Waals surface area contributed by atoms with Gasteiger partial charge in [0.1, 0.15) is 0 Å². The average molecular weight is 198 g/mol. The summed E-state index contributed by atoms with van der Waals surface area (Å²) in [7, 11) is 0. The average Bonchev–Trinajstić information content (AvgIpc) is 2.69. The quantitative estimate of drug-likeness (QED) is 0.644. The Bertz CT molecular complexity index is 214. The number of hydrogen-bond acceptors (Lipinski definition) is 3. The van der Waals surface area contributed by atoms with Crippen LogP contribution in [0, 0.1) is 0 Å². The minimum atomic E-state index is 0.0697. The van der Waals surface area contributed by atoms with Crippen LogP contribution in [-0.2, 0) is 9.53 Å². The second kappa shape index (κ2) is 4.28. The predicted molar refractivity (Wildman–Crippen MR) is 53.0 cm³/mol. The second-order valence-electron chi connectivity index (χ2n) is 4.11. The van der Waals surface area contributed by atoms with E-state index in [4.69, 9.17) is 4.74 Å². The predicted octanol–water partition coefficient (Wildman–Crippen LogP) is -0.0143. The molecule has 2 rings (SSSR count). The number of carbonyl (C=O) groups is 1. The monoisotopic (exact) mass is 198 g/mol. The van der Waals surface area contributed by atoms with Gasteiger partial charge in [0.15, 0.2) is 0 Å². The van der Waals surface area contributed by atoms with Crippen molar-refractivity contribution in [3.63, 3.8) is 0 Å². The van der Waals surface area contributed by atoms with Crippen LogP contribution in [0.3, 0.4) is 0 Å². The summed E-state index contributed by atoms with van der Waals surface area (Å²) in [5.74, 6) is 0.262. The molecular formula is C10H18N2O2. The van der Waals surface area contributed by atoms with E-state index < -0.39 is 0 Å². The summed E-state index contributed by atoms with van der Waals surface area (Å²) in [4.78, 5) is 13.9. The van der Waals surface area contributed by atoms with Crippen LogP contribution in [0.4, 0.5) is 0 Å². The summed E-state index contributed by atoms with van der Waals surface area (Å²) < 4.78 is 5.41. The molecule has 2 saturated heterocycles. The molecule has 0 bridgehead atoms. The standard InChI is InChI=1S/C10H18N2O2/c1-8-7-12(5-6-14-8)10(13)9-3-2-4-11-9/h8-9,11H,2-7H2,1H3. The van der Waals surface area contributed by atoms with Crippen molar-refractivity contribution in [3.05, 3.63) is 0 Å². The number of morpholine rings is 1. The van der Waals surface area contributed by atoms with Crippen LogP contribution >= 0.6 is 0 Å². The molecule has 2 aliphatic rings. The molecule has 4 heteroatoms. The summed E-state index contributed by atoms with van der Waals surface area (Å²) in [6, 6.07) is 0.0697. The lowest BCUT2D eigenvalue weighted by molar-refractivity contribution is -0.140. The van der Waals surface area contributed by atoms with Gasteiger partial charge >= 0.3 is 0 Å². The van der Waals surface area contributed by atoms with Crippen LogP contribution in [0.2, 0.25) is 0 Å². The number of carbonyl (C=O) groups excluding carboxylic acids is 1. The third-order valence-corrected chi connectivity index (χ3v) is 2.91. The van der Waals surface area contributed by atoms with Gasteiger partial charge in [-0.15, -0.1) is 0 Å². The number of nitrogens with zero attached hydrogens (tertiary/aromatic N) is 1. The van der Waals surface area contributed by atoms with Gasteiger partial charge < -0.3 is 15.0 Å². The smallest absolute Gasteiger partial charge is 0.239 e. The molecule has 2 heterocycles. The molecule has 0 radical (unpaired) electrons. The van der Waals surface area contributed by atoms with E-state index in [9.17, 15) is 4.79 Å². The van der Waals surface area contributed by atoms with Crippen molar-refractivity contribution in [2.75, 3.05) is 26.2 Å². The molecule has 80 valence electrons. The zero-order valence-corrected chi connectivity index (χ0v) is 8.66. The first-order chi connectivity index (χ1) is 6.77. The lowest BCUT2D eigenvalue weighted by Crippen LogP contribution is -2.50. The molecule has 0 saturated carbocycles. The molecule has 0 spiro atoms. The third kappa shape index (κ3) is 2.07. The van der Waals surface area contributed by atoms with E-state index in [1.165, 1.54) is 0 Å². The first-order valence-corrected chi connectivity index (χ1v) is 5.41. The summed E-state index contributed by atoms with van der Waals surface area (Å²) in [5.41, 5.74) is 0. The van der Waals surface area contributed by atoms with Crippen LogP contribution < -0.4 is 5.32 Å². The molecular weight excluding hydrogens is 180 g/mol. The summed E-state index contributed by atoms with van der Waals surface area (Å²) in [6.45, 7) is 5.18. The van der Waals surface area contributed by atoms with Crippen LogP contribution in [0.25, 0.3) is 0 Å². The molecule has 0 aliphatic carbocycles. The van der Waals surface area contributed by atoms with E-state index in [2.05, 4.69) is 5.32 Å². The third-order valence-electron chi connectivity index (χ3n) is 2.91. The van der Waals surface area contributed by atoms with Crippen molar-refractivity contribution in [3.8, 4) is 0 Å². The molecule has 4 nitrogen and oxygen atoms in total. The van der Waals surface area contributed by atoms with Gasteiger partial charge in [-0.25, -0.2) is 0 Å². The Hall–Kier alpha value is -0.610. The van der Waals surface area contributed by atoms with Gasteiger partial charge in [-0.3, -0.25) is 4.79 Å². The number of amides is 1. The van der Waals surface area contributed by atoms with Crippen molar-refractivity contribution in [2.45, 2.75) is 31.9 Å². The summed E-state index contributed by atoms with van der Waals surface area (Å²) in [6.07, 6.45) is 2.30. The number of rotatable bonds is 1. The normalized spacial score (nSPS) is 33.4. The van der Waals surface area contributed by atoms with Crippen molar-refractivity contribution in [1.82, 2.24) is 10.2 Å². The molecule has 1 amide bonds. The van der Waals surface area contributed by atoms with Gasteiger partial charge in [-0.1, -0.05) is 0 Å². The molecule has 2 unspecified atom stereocenters. The fourth-order valence-electron chi connectivity index (χ4n) is 2.13. The zero-order valence-electron chi connectivity index (χ0n) is 8.66.